The zero-order valence-corrected chi connectivity index (χ0v) is 16.1. The summed E-state index contributed by atoms with van der Waals surface area (Å²) in [6.45, 7) is 5.49. The Labute approximate surface area is 154 Å². The van der Waals surface area contributed by atoms with E-state index >= 15 is 0 Å². The van der Waals surface area contributed by atoms with E-state index in [-0.39, 0.29) is 0 Å². The van der Waals surface area contributed by atoms with Gasteiger partial charge in [-0.2, -0.15) is 0 Å². The lowest BCUT2D eigenvalue weighted by atomic mass is 10.1. The van der Waals surface area contributed by atoms with E-state index in [4.69, 9.17) is 4.74 Å². The molecule has 1 heterocycles. The second-order valence-electron chi connectivity index (χ2n) is 5.46. The molecule has 0 atom stereocenters. The number of nitrogens with zero attached hydrogens (tertiary/aromatic N) is 1. The van der Waals surface area contributed by atoms with Crippen molar-refractivity contribution in [2.75, 3.05) is 11.9 Å². The van der Waals surface area contributed by atoms with Gasteiger partial charge in [-0.25, -0.2) is 4.98 Å². The maximum atomic E-state index is 5.46. The second-order valence-corrected chi connectivity index (χ2v) is 7.23. The third-order valence-electron chi connectivity index (χ3n) is 3.65. The highest BCUT2D eigenvalue weighted by molar-refractivity contribution is 9.10. The summed E-state index contributed by atoms with van der Waals surface area (Å²) in [5.74, 6) is 0. The number of anilines is 2. The summed E-state index contributed by atoms with van der Waals surface area (Å²) in [6, 6.07) is 14.5. The molecule has 0 saturated carbocycles. The molecule has 0 unspecified atom stereocenters. The Morgan fingerprint density at radius 1 is 1.17 bits per heavy atom. The van der Waals surface area contributed by atoms with Crippen LogP contribution in [0.1, 0.15) is 18.1 Å². The third-order valence-corrected chi connectivity index (χ3v) is 4.94. The van der Waals surface area contributed by atoms with Gasteiger partial charge in [-0.3, -0.25) is 0 Å². The third kappa shape index (κ3) is 4.23. The largest absolute Gasteiger partial charge is 0.377 e. The molecule has 0 fully saturated rings. The Balaban J connectivity index is 1.73. The maximum Gasteiger partial charge on any atom is 0.187 e. The minimum Gasteiger partial charge on any atom is -0.377 e. The van der Waals surface area contributed by atoms with Crippen molar-refractivity contribution in [2.24, 2.45) is 0 Å². The fourth-order valence-electron chi connectivity index (χ4n) is 2.38. The zero-order valence-electron chi connectivity index (χ0n) is 13.7. The number of hydrogen-bond acceptors (Lipinski definition) is 4. The van der Waals surface area contributed by atoms with Gasteiger partial charge in [-0.15, -0.1) is 11.3 Å². The predicted molar refractivity (Wildman–Crippen MR) is 105 cm³/mol. The van der Waals surface area contributed by atoms with E-state index in [2.05, 4.69) is 68.9 Å². The van der Waals surface area contributed by atoms with Gasteiger partial charge in [0.2, 0.25) is 0 Å². The van der Waals surface area contributed by atoms with Crippen LogP contribution in [0.3, 0.4) is 0 Å². The summed E-state index contributed by atoms with van der Waals surface area (Å²) < 4.78 is 6.53. The first-order valence-corrected chi connectivity index (χ1v) is 9.48. The maximum absolute atomic E-state index is 5.46. The first kappa shape index (κ1) is 17.1. The van der Waals surface area contributed by atoms with Crippen LogP contribution < -0.4 is 5.32 Å². The molecule has 1 aromatic heterocycles. The summed E-state index contributed by atoms with van der Waals surface area (Å²) in [5.41, 5.74) is 5.56. The number of ether oxygens (including phenoxy) is 1. The zero-order chi connectivity index (χ0) is 16.9. The molecule has 3 aromatic rings. The number of benzene rings is 2. The number of aryl methyl sites for hydroxylation is 1. The van der Waals surface area contributed by atoms with Crippen molar-refractivity contribution < 1.29 is 4.74 Å². The average molecular weight is 403 g/mol. The van der Waals surface area contributed by atoms with Crippen molar-refractivity contribution in [2.45, 2.75) is 20.5 Å². The van der Waals surface area contributed by atoms with E-state index in [9.17, 15) is 0 Å². The highest BCUT2D eigenvalue weighted by Crippen LogP contribution is 2.29. The lowest BCUT2D eigenvalue weighted by molar-refractivity contribution is 0.134. The Morgan fingerprint density at radius 2 is 1.96 bits per heavy atom. The van der Waals surface area contributed by atoms with Crippen molar-refractivity contribution in [1.82, 2.24) is 4.98 Å². The van der Waals surface area contributed by atoms with Crippen molar-refractivity contribution in [1.29, 1.82) is 0 Å². The molecule has 0 aliphatic heterocycles. The normalized spacial score (nSPS) is 10.8. The van der Waals surface area contributed by atoms with Gasteiger partial charge in [0, 0.05) is 27.7 Å². The van der Waals surface area contributed by atoms with Gasteiger partial charge in [0.05, 0.1) is 12.3 Å². The molecule has 0 spiro atoms. The molecule has 5 heteroatoms. The molecule has 0 bridgehead atoms. The molecule has 124 valence electrons. The van der Waals surface area contributed by atoms with E-state index in [0.29, 0.717) is 6.61 Å². The summed E-state index contributed by atoms with van der Waals surface area (Å²) in [6.07, 6.45) is 0. The van der Waals surface area contributed by atoms with Crippen LogP contribution in [0, 0.1) is 6.92 Å². The molecule has 0 aliphatic carbocycles. The van der Waals surface area contributed by atoms with Gasteiger partial charge in [0.25, 0.3) is 0 Å². The number of hydrogen-bond donors (Lipinski definition) is 1. The van der Waals surface area contributed by atoms with Crippen LogP contribution in [0.25, 0.3) is 11.3 Å². The van der Waals surface area contributed by atoms with E-state index in [1.165, 1.54) is 11.1 Å². The summed E-state index contributed by atoms with van der Waals surface area (Å²) in [5, 5.41) is 6.38. The molecule has 2 aromatic carbocycles. The molecule has 3 nitrogen and oxygen atoms in total. The van der Waals surface area contributed by atoms with Gasteiger partial charge < -0.3 is 10.1 Å². The van der Waals surface area contributed by atoms with Crippen LogP contribution in [0.2, 0.25) is 0 Å². The smallest absolute Gasteiger partial charge is 0.187 e. The minimum absolute atomic E-state index is 0.655. The van der Waals surface area contributed by atoms with Crippen LogP contribution in [-0.4, -0.2) is 11.6 Å². The van der Waals surface area contributed by atoms with Crippen LogP contribution in [0.15, 0.2) is 52.3 Å². The number of aromatic nitrogens is 1. The fraction of sp³-hybridized carbons (Fsp3) is 0.211. The Morgan fingerprint density at radius 3 is 2.67 bits per heavy atom. The van der Waals surface area contributed by atoms with Crippen LogP contribution in [0.4, 0.5) is 10.8 Å². The Bertz CT molecular complexity index is 814. The summed E-state index contributed by atoms with van der Waals surface area (Å²) >= 11 is 5.07. The Hall–Kier alpha value is -1.69. The van der Waals surface area contributed by atoms with Gasteiger partial charge in [-0.05, 0) is 43.2 Å². The van der Waals surface area contributed by atoms with Crippen LogP contribution in [0.5, 0.6) is 0 Å². The van der Waals surface area contributed by atoms with Crippen molar-refractivity contribution in [3.63, 3.8) is 0 Å². The van der Waals surface area contributed by atoms with Crippen molar-refractivity contribution in [3.05, 3.63) is 63.4 Å². The number of thiazole rings is 1. The average Bonchev–Trinajstić information content (AvgIpc) is 3.04. The first-order chi connectivity index (χ1) is 11.7. The Kier molecular flexibility index (Phi) is 5.66. The second kappa shape index (κ2) is 7.92. The summed E-state index contributed by atoms with van der Waals surface area (Å²) in [4.78, 5) is 4.69. The van der Waals surface area contributed by atoms with E-state index in [1.54, 1.807) is 11.3 Å². The molecule has 0 amide bonds. The van der Waals surface area contributed by atoms with Gasteiger partial charge in [-0.1, -0.05) is 40.2 Å². The predicted octanol–water partition coefficient (Wildman–Crippen LogP) is 6.16. The first-order valence-electron chi connectivity index (χ1n) is 7.81. The van der Waals surface area contributed by atoms with Crippen molar-refractivity contribution >= 4 is 38.1 Å². The van der Waals surface area contributed by atoms with E-state index < -0.39 is 0 Å². The number of halogens is 1. The van der Waals surface area contributed by atoms with Crippen LogP contribution >= 0.6 is 27.3 Å². The van der Waals surface area contributed by atoms with E-state index in [1.807, 2.05) is 19.1 Å². The van der Waals surface area contributed by atoms with Gasteiger partial charge in [0.15, 0.2) is 5.13 Å². The summed E-state index contributed by atoms with van der Waals surface area (Å²) in [7, 11) is 0. The van der Waals surface area contributed by atoms with Crippen molar-refractivity contribution in [3.8, 4) is 11.3 Å². The highest BCUT2D eigenvalue weighted by atomic mass is 79.9. The molecule has 1 N–H and O–H groups in total. The minimum atomic E-state index is 0.655. The molecular formula is C19H19BrN2OS. The molecular weight excluding hydrogens is 384 g/mol. The molecule has 0 saturated heterocycles. The number of rotatable bonds is 6. The SMILES string of the molecule is CCOCc1ccc(Nc2nc(-c3ccc(Br)cc3)cs2)c(C)c1. The molecule has 0 radical (unpaired) electrons. The van der Waals surface area contributed by atoms with E-state index in [0.717, 1.165) is 33.2 Å². The topological polar surface area (TPSA) is 34.1 Å². The highest BCUT2D eigenvalue weighted by Gasteiger charge is 2.07. The molecule has 24 heavy (non-hydrogen) atoms. The number of nitrogens with one attached hydrogen (secondary N) is 1. The lowest BCUT2D eigenvalue weighted by Gasteiger charge is -2.09. The van der Waals surface area contributed by atoms with Crippen LogP contribution in [-0.2, 0) is 11.3 Å². The quantitative estimate of drug-likeness (QED) is 0.535. The standard InChI is InChI=1S/C19H19BrN2OS/c1-3-23-11-14-4-9-17(13(2)10-14)21-19-22-18(12-24-19)15-5-7-16(20)8-6-15/h4-10,12H,3,11H2,1-2H3,(H,21,22). The molecule has 0 aliphatic rings. The van der Waals surface area contributed by atoms with Gasteiger partial charge >= 0.3 is 0 Å². The lowest BCUT2D eigenvalue weighted by Crippen LogP contribution is -1.96. The molecule has 3 rings (SSSR count). The fourth-order valence-corrected chi connectivity index (χ4v) is 3.37. The monoisotopic (exact) mass is 402 g/mol. The van der Waals surface area contributed by atoms with Gasteiger partial charge in [0.1, 0.15) is 0 Å².